The summed E-state index contributed by atoms with van der Waals surface area (Å²) in [7, 11) is 1.60. The Morgan fingerprint density at radius 3 is 2.36 bits per heavy atom. The van der Waals surface area contributed by atoms with E-state index in [4.69, 9.17) is 9.47 Å². The van der Waals surface area contributed by atoms with Gasteiger partial charge in [-0.3, -0.25) is 9.59 Å². The lowest BCUT2D eigenvalue weighted by atomic mass is 9.92. The molecule has 1 N–H and O–H groups in total. The van der Waals surface area contributed by atoms with E-state index in [1.807, 2.05) is 65.0 Å². The number of carbonyl (C=O) groups excluding carboxylic acids is 2. The van der Waals surface area contributed by atoms with Gasteiger partial charge in [-0.05, 0) is 56.0 Å². The van der Waals surface area contributed by atoms with Crippen molar-refractivity contribution in [2.24, 2.45) is 0 Å². The number of nitrogens with zero attached hydrogens (tertiary/aromatic N) is 1. The third kappa shape index (κ3) is 4.75. The van der Waals surface area contributed by atoms with Crippen LogP contribution in [-0.2, 0) is 9.59 Å². The molecule has 1 aliphatic heterocycles. The van der Waals surface area contributed by atoms with E-state index in [1.165, 1.54) is 4.90 Å². The van der Waals surface area contributed by atoms with Crippen molar-refractivity contribution in [1.29, 1.82) is 0 Å². The van der Waals surface area contributed by atoms with E-state index in [1.54, 1.807) is 19.2 Å². The lowest BCUT2D eigenvalue weighted by Gasteiger charge is -2.27. The van der Waals surface area contributed by atoms with Gasteiger partial charge in [-0.1, -0.05) is 39.0 Å². The third-order valence-electron chi connectivity index (χ3n) is 5.71. The van der Waals surface area contributed by atoms with Crippen LogP contribution < -0.4 is 9.47 Å². The van der Waals surface area contributed by atoms with Crippen molar-refractivity contribution in [2.75, 3.05) is 13.7 Å². The summed E-state index contributed by atoms with van der Waals surface area (Å²) < 4.78 is 11.5. The van der Waals surface area contributed by atoms with E-state index < -0.39 is 17.7 Å². The molecule has 1 saturated heterocycles. The molecule has 1 aliphatic rings. The van der Waals surface area contributed by atoms with Crippen LogP contribution in [0.3, 0.4) is 0 Å². The van der Waals surface area contributed by atoms with Crippen LogP contribution in [0.4, 0.5) is 0 Å². The quantitative estimate of drug-likeness (QED) is 0.329. The third-order valence-corrected chi connectivity index (χ3v) is 5.71. The summed E-state index contributed by atoms with van der Waals surface area (Å²) in [5.74, 6) is -0.0520. The van der Waals surface area contributed by atoms with E-state index in [2.05, 4.69) is 0 Å². The van der Waals surface area contributed by atoms with Gasteiger partial charge >= 0.3 is 0 Å². The largest absolute Gasteiger partial charge is 0.507 e. The molecule has 1 heterocycles. The minimum absolute atomic E-state index is 0.0770. The first-order valence-electron chi connectivity index (χ1n) is 11.4. The van der Waals surface area contributed by atoms with Gasteiger partial charge < -0.3 is 19.5 Å². The molecule has 176 valence electrons. The SMILES string of the molecule is CCCN1C(=O)C(=O)/C(=C(/O)c2ccc(OC)c(C(C)C)c2)C1c1ccccc1OC(C)C. The molecular weight excluding hydrogens is 418 g/mol. The van der Waals surface area contributed by atoms with E-state index in [9.17, 15) is 14.7 Å². The number of carbonyl (C=O) groups is 2. The molecule has 33 heavy (non-hydrogen) atoms. The second-order valence-corrected chi connectivity index (χ2v) is 8.81. The van der Waals surface area contributed by atoms with Gasteiger partial charge in [0.15, 0.2) is 0 Å². The number of likely N-dealkylation sites (tertiary alicyclic amines) is 1. The fourth-order valence-corrected chi connectivity index (χ4v) is 4.23. The highest BCUT2D eigenvalue weighted by molar-refractivity contribution is 6.46. The van der Waals surface area contributed by atoms with Gasteiger partial charge in [-0.25, -0.2) is 0 Å². The Labute approximate surface area is 195 Å². The maximum Gasteiger partial charge on any atom is 0.295 e. The number of para-hydroxylation sites is 1. The van der Waals surface area contributed by atoms with E-state index in [0.717, 1.165) is 5.56 Å². The van der Waals surface area contributed by atoms with Gasteiger partial charge in [0, 0.05) is 17.7 Å². The summed E-state index contributed by atoms with van der Waals surface area (Å²) in [6, 6.07) is 11.9. The van der Waals surface area contributed by atoms with E-state index >= 15 is 0 Å². The van der Waals surface area contributed by atoms with Crippen molar-refractivity contribution in [1.82, 2.24) is 4.90 Å². The van der Waals surface area contributed by atoms with Gasteiger partial charge in [-0.15, -0.1) is 0 Å². The second-order valence-electron chi connectivity index (χ2n) is 8.81. The Morgan fingerprint density at radius 2 is 1.76 bits per heavy atom. The molecule has 0 aliphatic carbocycles. The van der Waals surface area contributed by atoms with Crippen molar-refractivity contribution in [3.63, 3.8) is 0 Å². The molecule has 6 heteroatoms. The molecule has 0 saturated carbocycles. The fraction of sp³-hybridized carbons (Fsp3) is 0.407. The van der Waals surface area contributed by atoms with Crippen LogP contribution in [0.25, 0.3) is 5.76 Å². The molecule has 0 radical (unpaired) electrons. The van der Waals surface area contributed by atoms with Gasteiger partial charge in [0.2, 0.25) is 0 Å². The Morgan fingerprint density at radius 1 is 1.06 bits per heavy atom. The summed E-state index contributed by atoms with van der Waals surface area (Å²) >= 11 is 0. The highest BCUT2D eigenvalue weighted by Gasteiger charge is 2.46. The molecule has 1 atom stereocenters. The Hall–Kier alpha value is -3.28. The molecule has 0 aromatic heterocycles. The molecule has 1 unspecified atom stereocenters. The minimum atomic E-state index is -0.732. The zero-order chi connectivity index (χ0) is 24.3. The Bertz CT molecular complexity index is 1070. The first-order chi connectivity index (χ1) is 15.7. The van der Waals surface area contributed by atoms with Crippen LogP contribution in [0.2, 0.25) is 0 Å². The van der Waals surface area contributed by atoms with Crippen LogP contribution in [0, 0.1) is 0 Å². The average molecular weight is 452 g/mol. The number of methoxy groups -OCH3 is 1. The number of hydrogen-bond donors (Lipinski definition) is 1. The standard InChI is InChI=1S/C27H33NO5/c1-7-14-28-24(19-10-8-9-11-22(19)33-17(4)5)23(26(30)27(28)31)25(29)18-12-13-21(32-6)20(15-18)16(2)3/h8-13,15-17,24,29H,7,14H2,1-6H3/b25-23+. The van der Waals surface area contributed by atoms with Gasteiger partial charge in [-0.2, -0.15) is 0 Å². The number of benzene rings is 2. The normalized spacial score (nSPS) is 17.8. The van der Waals surface area contributed by atoms with Crippen molar-refractivity contribution < 1.29 is 24.2 Å². The maximum absolute atomic E-state index is 13.2. The average Bonchev–Trinajstić information content (AvgIpc) is 3.03. The number of ether oxygens (including phenoxy) is 2. The highest BCUT2D eigenvalue weighted by atomic mass is 16.5. The van der Waals surface area contributed by atoms with Crippen molar-refractivity contribution >= 4 is 17.4 Å². The Kier molecular flexibility index (Phi) is 7.46. The van der Waals surface area contributed by atoms with Crippen LogP contribution in [0.5, 0.6) is 11.5 Å². The first kappa shape index (κ1) is 24.4. The Balaban J connectivity index is 2.24. The summed E-state index contributed by atoms with van der Waals surface area (Å²) in [6.07, 6.45) is 0.589. The number of amides is 1. The van der Waals surface area contributed by atoms with E-state index in [0.29, 0.717) is 35.6 Å². The number of rotatable bonds is 8. The highest BCUT2D eigenvalue weighted by Crippen LogP contribution is 2.43. The maximum atomic E-state index is 13.2. The minimum Gasteiger partial charge on any atom is -0.507 e. The van der Waals surface area contributed by atoms with E-state index in [-0.39, 0.29) is 23.4 Å². The first-order valence-corrected chi connectivity index (χ1v) is 11.4. The van der Waals surface area contributed by atoms with Crippen molar-refractivity contribution in [3.05, 3.63) is 64.7 Å². The molecule has 1 fully saturated rings. The summed E-state index contributed by atoms with van der Waals surface area (Å²) in [6.45, 7) is 10.2. The summed E-state index contributed by atoms with van der Waals surface area (Å²) in [5, 5.41) is 11.4. The van der Waals surface area contributed by atoms with Crippen LogP contribution >= 0.6 is 0 Å². The van der Waals surface area contributed by atoms with Crippen LogP contribution in [0.1, 0.15) is 69.7 Å². The predicted molar refractivity (Wildman–Crippen MR) is 129 cm³/mol. The molecule has 0 bridgehead atoms. The molecule has 6 nitrogen and oxygen atoms in total. The zero-order valence-electron chi connectivity index (χ0n) is 20.2. The van der Waals surface area contributed by atoms with Crippen LogP contribution in [-0.4, -0.2) is 41.5 Å². The predicted octanol–water partition coefficient (Wildman–Crippen LogP) is 5.44. The molecule has 3 rings (SSSR count). The lowest BCUT2D eigenvalue weighted by Crippen LogP contribution is -2.30. The number of ketones is 1. The molecule has 0 spiro atoms. The topological polar surface area (TPSA) is 76.1 Å². The monoisotopic (exact) mass is 451 g/mol. The second kappa shape index (κ2) is 10.1. The molecule has 1 amide bonds. The number of hydrogen-bond acceptors (Lipinski definition) is 5. The van der Waals surface area contributed by atoms with Gasteiger partial charge in [0.1, 0.15) is 17.3 Å². The summed E-state index contributed by atoms with van der Waals surface area (Å²) in [5.41, 5.74) is 2.14. The number of aliphatic hydroxyl groups is 1. The summed E-state index contributed by atoms with van der Waals surface area (Å²) in [4.78, 5) is 27.7. The molecular formula is C27H33NO5. The molecule has 2 aromatic rings. The van der Waals surface area contributed by atoms with Crippen molar-refractivity contribution in [3.8, 4) is 11.5 Å². The molecule has 2 aromatic carbocycles. The van der Waals surface area contributed by atoms with Crippen molar-refractivity contribution in [2.45, 2.75) is 59.1 Å². The fourth-order valence-electron chi connectivity index (χ4n) is 4.23. The lowest BCUT2D eigenvalue weighted by molar-refractivity contribution is -0.139. The van der Waals surface area contributed by atoms with Crippen LogP contribution in [0.15, 0.2) is 48.0 Å². The number of aliphatic hydroxyl groups excluding tert-OH is 1. The smallest absolute Gasteiger partial charge is 0.295 e. The zero-order valence-corrected chi connectivity index (χ0v) is 20.2. The van der Waals surface area contributed by atoms with Gasteiger partial charge in [0.25, 0.3) is 11.7 Å². The number of Topliss-reactive ketones (excluding diaryl/α,β-unsaturated/α-hetero) is 1. The van der Waals surface area contributed by atoms with Gasteiger partial charge in [0.05, 0.1) is 24.8 Å².